The molecular formula is C21H25N3O3S2. The monoisotopic (exact) mass is 431 g/mol. The molecule has 29 heavy (non-hydrogen) atoms. The van der Waals surface area contributed by atoms with Crippen molar-refractivity contribution in [2.45, 2.75) is 63.5 Å². The van der Waals surface area contributed by atoms with Crippen LogP contribution in [0.25, 0.3) is 10.2 Å². The number of carbonyl (C=O) groups excluding carboxylic acids is 1. The molecule has 0 spiro atoms. The molecule has 0 bridgehead atoms. The fourth-order valence-electron chi connectivity index (χ4n) is 3.72. The van der Waals surface area contributed by atoms with E-state index < -0.39 is 0 Å². The van der Waals surface area contributed by atoms with Crippen LogP contribution >= 0.6 is 23.1 Å². The summed E-state index contributed by atoms with van der Waals surface area (Å²) in [4.78, 5) is 32.7. The summed E-state index contributed by atoms with van der Waals surface area (Å²) in [6, 6.07) is 3.61. The largest absolute Gasteiger partial charge is 0.467 e. The van der Waals surface area contributed by atoms with Gasteiger partial charge in [0, 0.05) is 11.4 Å². The molecule has 0 aromatic carbocycles. The van der Waals surface area contributed by atoms with Crippen molar-refractivity contribution in [1.29, 1.82) is 0 Å². The normalized spacial score (nSPS) is 17.3. The number of nitrogens with zero attached hydrogens (tertiary/aromatic N) is 2. The second-order valence-corrected chi connectivity index (χ2v) is 9.92. The first-order valence-electron chi connectivity index (χ1n) is 9.99. The summed E-state index contributed by atoms with van der Waals surface area (Å²) in [5.74, 6) is 1.25. The molecule has 154 valence electrons. The summed E-state index contributed by atoms with van der Waals surface area (Å²) in [6.07, 6.45) is 4.68. The Bertz CT molecular complexity index is 1080. The number of fused-ring (bicyclic) bond motifs is 3. The predicted molar refractivity (Wildman–Crippen MR) is 117 cm³/mol. The highest BCUT2D eigenvalue weighted by Gasteiger charge is 2.25. The van der Waals surface area contributed by atoms with Crippen molar-refractivity contribution in [3.05, 3.63) is 45.0 Å². The lowest BCUT2D eigenvalue weighted by Crippen LogP contribution is -2.31. The fourth-order valence-corrected chi connectivity index (χ4v) is 6.14. The van der Waals surface area contributed by atoms with Crippen LogP contribution in [0.1, 0.15) is 43.4 Å². The maximum atomic E-state index is 13.2. The van der Waals surface area contributed by atoms with Crippen LogP contribution in [-0.4, -0.2) is 20.7 Å². The Labute approximate surface area is 177 Å². The van der Waals surface area contributed by atoms with Crippen molar-refractivity contribution in [3.63, 3.8) is 0 Å². The van der Waals surface area contributed by atoms with E-state index in [-0.39, 0.29) is 16.7 Å². The molecule has 1 aliphatic carbocycles. The van der Waals surface area contributed by atoms with Crippen LogP contribution in [0, 0.1) is 5.92 Å². The number of rotatable bonds is 6. The Morgan fingerprint density at radius 2 is 2.34 bits per heavy atom. The van der Waals surface area contributed by atoms with Gasteiger partial charge in [0.1, 0.15) is 10.6 Å². The molecule has 1 amide bonds. The Hall–Kier alpha value is -2.06. The molecule has 3 aromatic heterocycles. The van der Waals surface area contributed by atoms with E-state index in [2.05, 4.69) is 12.2 Å². The molecule has 0 aliphatic heterocycles. The molecule has 2 unspecified atom stereocenters. The molecule has 0 radical (unpaired) electrons. The minimum atomic E-state index is -0.373. The Morgan fingerprint density at radius 1 is 1.52 bits per heavy atom. The average molecular weight is 432 g/mol. The number of aromatic nitrogens is 2. The topological polar surface area (TPSA) is 77.1 Å². The van der Waals surface area contributed by atoms with Crippen LogP contribution in [0.2, 0.25) is 0 Å². The summed E-state index contributed by atoms with van der Waals surface area (Å²) in [5, 5.41) is 3.90. The quantitative estimate of drug-likeness (QED) is 0.472. The summed E-state index contributed by atoms with van der Waals surface area (Å²) in [7, 11) is 0. The smallest absolute Gasteiger partial charge is 0.263 e. The van der Waals surface area contributed by atoms with Gasteiger partial charge in [-0.2, -0.15) is 0 Å². The maximum Gasteiger partial charge on any atom is 0.263 e. The molecule has 0 saturated heterocycles. The van der Waals surface area contributed by atoms with Crippen molar-refractivity contribution in [2.75, 3.05) is 0 Å². The molecule has 4 rings (SSSR count). The summed E-state index contributed by atoms with van der Waals surface area (Å²) in [5.41, 5.74) is 1.22. The van der Waals surface area contributed by atoms with Crippen LogP contribution in [-0.2, 0) is 30.7 Å². The lowest BCUT2D eigenvalue weighted by molar-refractivity contribution is -0.120. The average Bonchev–Trinajstić information content (AvgIpc) is 3.33. The summed E-state index contributed by atoms with van der Waals surface area (Å²) >= 11 is 2.98. The van der Waals surface area contributed by atoms with Crippen LogP contribution in [0.5, 0.6) is 0 Å². The zero-order chi connectivity index (χ0) is 20.5. The van der Waals surface area contributed by atoms with Crippen molar-refractivity contribution in [1.82, 2.24) is 14.9 Å². The molecule has 2 atom stereocenters. The number of furan rings is 1. The standard InChI is InChI=1S/C21H25N3O3S2/c1-4-24-20(26)17-15-8-7-12(2)10-16(15)29-19(17)23-21(24)28-13(3)18(25)22-11-14-6-5-9-27-14/h5-6,9,12-13H,4,7-8,10-11H2,1-3H3,(H,22,25). The van der Waals surface area contributed by atoms with Gasteiger partial charge in [-0.15, -0.1) is 11.3 Å². The van der Waals surface area contributed by atoms with E-state index in [9.17, 15) is 9.59 Å². The molecule has 8 heteroatoms. The van der Waals surface area contributed by atoms with E-state index in [1.807, 2.05) is 19.9 Å². The molecule has 0 saturated carbocycles. The second kappa shape index (κ2) is 8.36. The van der Waals surface area contributed by atoms with Crippen LogP contribution in [0.4, 0.5) is 0 Å². The third kappa shape index (κ3) is 4.00. The van der Waals surface area contributed by atoms with Crippen LogP contribution < -0.4 is 10.9 Å². The van der Waals surface area contributed by atoms with Crippen molar-refractivity contribution in [2.24, 2.45) is 5.92 Å². The SMILES string of the molecule is CCn1c(SC(C)C(=O)NCc2ccco2)nc2sc3c(c2c1=O)CCC(C)C3. The van der Waals surface area contributed by atoms with Crippen molar-refractivity contribution >= 4 is 39.2 Å². The number of carbonyl (C=O) groups is 1. The highest BCUT2D eigenvalue weighted by molar-refractivity contribution is 8.00. The number of hydrogen-bond donors (Lipinski definition) is 1. The van der Waals surface area contributed by atoms with Gasteiger partial charge in [0.15, 0.2) is 5.16 Å². The van der Waals surface area contributed by atoms with Gasteiger partial charge in [0.25, 0.3) is 5.56 Å². The number of thioether (sulfide) groups is 1. The van der Waals surface area contributed by atoms with Gasteiger partial charge in [-0.25, -0.2) is 4.98 Å². The first-order valence-corrected chi connectivity index (χ1v) is 11.7. The third-order valence-electron chi connectivity index (χ3n) is 5.36. The van der Waals surface area contributed by atoms with E-state index in [0.29, 0.717) is 29.9 Å². The molecule has 3 aromatic rings. The first-order chi connectivity index (χ1) is 14.0. The number of hydrogen-bond acceptors (Lipinski definition) is 6. The van der Waals surface area contributed by atoms with Gasteiger partial charge >= 0.3 is 0 Å². The van der Waals surface area contributed by atoms with Crippen LogP contribution in [0.3, 0.4) is 0 Å². The molecule has 0 fully saturated rings. The van der Waals surface area contributed by atoms with Gasteiger partial charge in [-0.05, 0) is 56.7 Å². The molecule has 3 heterocycles. The van der Waals surface area contributed by atoms with Crippen LogP contribution in [0.15, 0.2) is 32.8 Å². The summed E-state index contributed by atoms with van der Waals surface area (Å²) in [6.45, 7) is 6.92. The molecule has 1 aliphatic rings. The Balaban J connectivity index is 1.59. The number of nitrogens with one attached hydrogen (secondary N) is 1. The van der Waals surface area contributed by atoms with Gasteiger partial charge in [0.05, 0.1) is 23.4 Å². The summed E-state index contributed by atoms with van der Waals surface area (Å²) < 4.78 is 6.95. The lowest BCUT2D eigenvalue weighted by Gasteiger charge is -2.18. The molecule has 1 N–H and O–H groups in total. The van der Waals surface area contributed by atoms with Gasteiger partial charge in [-0.3, -0.25) is 14.2 Å². The van der Waals surface area contributed by atoms with E-state index in [4.69, 9.17) is 9.40 Å². The van der Waals surface area contributed by atoms with E-state index in [1.54, 1.807) is 28.2 Å². The highest BCUT2D eigenvalue weighted by Crippen LogP contribution is 2.36. The maximum absolute atomic E-state index is 13.2. The van der Waals surface area contributed by atoms with Gasteiger partial charge in [0.2, 0.25) is 5.91 Å². The van der Waals surface area contributed by atoms with Crippen molar-refractivity contribution < 1.29 is 9.21 Å². The fraction of sp³-hybridized carbons (Fsp3) is 0.476. The highest BCUT2D eigenvalue weighted by atomic mass is 32.2. The predicted octanol–water partition coefficient (Wildman–Crippen LogP) is 3.99. The van der Waals surface area contributed by atoms with Gasteiger partial charge in [-0.1, -0.05) is 18.7 Å². The first kappa shape index (κ1) is 20.2. The third-order valence-corrected chi connectivity index (χ3v) is 7.60. The van der Waals surface area contributed by atoms with Crippen molar-refractivity contribution in [3.8, 4) is 0 Å². The number of thiophene rings is 1. The van der Waals surface area contributed by atoms with Gasteiger partial charge < -0.3 is 9.73 Å². The number of aryl methyl sites for hydroxylation is 1. The molecule has 6 nitrogen and oxygen atoms in total. The zero-order valence-corrected chi connectivity index (χ0v) is 18.5. The van der Waals surface area contributed by atoms with E-state index in [0.717, 1.165) is 29.5 Å². The van der Waals surface area contributed by atoms with E-state index >= 15 is 0 Å². The second-order valence-electron chi connectivity index (χ2n) is 7.53. The lowest BCUT2D eigenvalue weighted by atomic mass is 9.89. The minimum absolute atomic E-state index is 0.0234. The number of amides is 1. The molecular weight excluding hydrogens is 406 g/mol. The Kier molecular flexibility index (Phi) is 5.83. The minimum Gasteiger partial charge on any atom is -0.467 e. The Morgan fingerprint density at radius 3 is 3.07 bits per heavy atom. The van der Waals surface area contributed by atoms with E-state index in [1.165, 1.54) is 22.2 Å². The zero-order valence-electron chi connectivity index (χ0n) is 16.9.